The number of anilines is 2. The summed E-state index contributed by atoms with van der Waals surface area (Å²) in [7, 11) is -3.74. The molecule has 0 atom stereocenters. The molecule has 0 aliphatic rings. The lowest BCUT2D eigenvalue weighted by molar-refractivity contribution is 0.601. The maximum Gasteiger partial charge on any atom is 0.263 e. The van der Waals surface area contributed by atoms with Gasteiger partial charge in [-0.1, -0.05) is 17.7 Å². The van der Waals surface area contributed by atoms with Crippen molar-refractivity contribution in [1.82, 2.24) is 0 Å². The van der Waals surface area contributed by atoms with Crippen molar-refractivity contribution >= 4 is 48.9 Å². The van der Waals surface area contributed by atoms with Crippen molar-refractivity contribution in [2.45, 2.75) is 11.8 Å². The zero-order valence-corrected chi connectivity index (χ0v) is 13.7. The van der Waals surface area contributed by atoms with E-state index in [1.165, 1.54) is 12.1 Å². The van der Waals surface area contributed by atoms with Crippen LogP contribution in [0.3, 0.4) is 0 Å². The van der Waals surface area contributed by atoms with E-state index in [9.17, 15) is 8.42 Å². The third-order valence-corrected chi connectivity index (χ3v) is 5.28. The zero-order chi connectivity index (χ0) is 14.9. The summed E-state index contributed by atoms with van der Waals surface area (Å²) in [6.07, 6.45) is 0. The first-order chi connectivity index (χ1) is 9.29. The van der Waals surface area contributed by atoms with E-state index >= 15 is 0 Å². The molecule has 4 nitrogen and oxygen atoms in total. The number of rotatable bonds is 3. The summed E-state index contributed by atoms with van der Waals surface area (Å²) in [6.45, 7) is 1.88. The van der Waals surface area contributed by atoms with E-state index in [-0.39, 0.29) is 15.6 Å². The molecule has 2 aromatic rings. The molecule has 0 aliphatic heterocycles. The van der Waals surface area contributed by atoms with Crippen LogP contribution in [0.4, 0.5) is 11.4 Å². The standard InChI is InChI=1S/C13H12BrClN2O2S/c1-8-2-5-13(10(14)6-8)20(18,19)17-12-7-9(16)3-4-11(12)15/h2-7,17H,16H2,1H3. The molecule has 0 heterocycles. The molecule has 106 valence electrons. The van der Waals surface area contributed by atoms with Crippen molar-refractivity contribution < 1.29 is 8.42 Å². The summed E-state index contributed by atoms with van der Waals surface area (Å²) >= 11 is 9.21. The second-order valence-corrected chi connectivity index (χ2v) is 7.19. The van der Waals surface area contributed by atoms with E-state index in [4.69, 9.17) is 17.3 Å². The fourth-order valence-corrected chi connectivity index (χ4v) is 4.13. The molecule has 0 saturated heterocycles. The van der Waals surface area contributed by atoms with E-state index in [0.717, 1.165) is 5.56 Å². The van der Waals surface area contributed by atoms with E-state index in [2.05, 4.69) is 20.7 Å². The SMILES string of the molecule is Cc1ccc(S(=O)(=O)Nc2cc(N)ccc2Cl)c(Br)c1. The molecule has 0 aromatic heterocycles. The minimum absolute atomic E-state index is 0.140. The summed E-state index contributed by atoms with van der Waals surface area (Å²) in [5, 5.41) is 0.283. The number of sulfonamides is 1. The Hall–Kier alpha value is -1.24. The van der Waals surface area contributed by atoms with Gasteiger partial charge >= 0.3 is 0 Å². The molecular weight excluding hydrogens is 364 g/mol. The van der Waals surface area contributed by atoms with Gasteiger partial charge in [0.05, 0.1) is 10.7 Å². The van der Waals surface area contributed by atoms with Crippen LogP contribution >= 0.6 is 27.5 Å². The summed E-state index contributed by atoms with van der Waals surface area (Å²) in [5.74, 6) is 0. The minimum atomic E-state index is -3.74. The van der Waals surface area contributed by atoms with Crippen LogP contribution in [0.2, 0.25) is 5.02 Å². The highest BCUT2D eigenvalue weighted by Gasteiger charge is 2.19. The van der Waals surface area contributed by atoms with Gasteiger partial charge < -0.3 is 5.73 Å². The quantitative estimate of drug-likeness (QED) is 0.802. The van der Waals surface area contributed by atoms with Gasteiger partial charge in [-0.05, 0) is 58.7 Å². The van der Waals surface area contributed by atoms with Gasteiger partial charge in [0, 0.05) is 10.2 Å². The molecule has 3 N–H and O–H groups in total. The van der Waals surface area contributed by atoms with Crippen LogP contribution in [0.15, 0.2) is 45.8 Å². The highest BCUT2D eigenvalue weighted by molar-refractivity contribution is 9.10. The van der Waals surface area contributed by atoms with E-state index in [1.807, 2.05) is 6.92 Å². The Morgan fingerprint density at radius 2 is 1.90 bits per heavy atom. The van der Waals surface area contributed by atoms with Crippen molar-refractivity contribution in [3.63, 3.8) is 0 Å². The van der Waals surface area contributed by atoms with Crippen LogP contribution in [0.25, 0.3) is 0 Å². The second-order valence-electron chi connectivity index (χ2n) is 4.28. The van der Waals surface area contributed by atoms with E-state index in [1.54, 1.807) is 24.3 Å². The normalized spacial score (nSPS) is 11.3. The van der Waals surface area contributed by atoms with Crippen LogP contribution in [0.1, 0.15) is 5.56 Å². The number of halogens is 2. The predicted molar refractivity (Wildman–Crippen MR) is 85.6 cm³/mol. The Labute approximate surface area is 131 Å². The van der Waals surface area contributed by atoms with Crippen molar-refractivity contribution in [3.8, 4) is 0 Å². The average molecular weight is 376 g/mol. The van der Waals surface area contributed by atoms with Gasteiger partial charge in [-0.15, -0.1) is 0 Å². The number of nitrogens with one attached hydrogen (secondary N) is 1. The van der Waals surface area contributed by atoms with E-state index < -0.39 is 10.0 Å². The first-order valence-corrected chi connectivity index (χ1v) is 8.29. The molecule has 0 unspecified atom stereocenters. The first kappa shape index (κ1) is 15.2. The van der Waals surface area contributed by atoms with Crippen LogP contribution in [0, 0.1) is 6.92 Å². The van der Waals surface area contributed by atoms with Crippen molar-refractivity contribution in [2.75, 3.05) is 10.5 Å². The topological polar surface area (TPSA) is 72.2 Å². The molecule has 7 heteroatoms. The largest absolute Gasteiger partial charge is 0.399 e. The lowest BCUT2D eigenvalue weighted by Gasteiger charge is -2.12. The maximum absolute atomic E-state index is 12.4. The number of hydrogen-bond acceptors (Lipinski definition) is 3. The van der Waals surface area contributed by atoms with Crippen molar-refractivity contribution in [1.29, 1.82) is 0 Å². The second kappa shape index (κ2) is 5.63. The maximum atomic E-state index is 12.4. The summed E-state index contributed by atoms with van der Waals surface area (Å²) in [6, 6.07) is 9.60. The fraction of sp³-hybridized carbons (Fsp3) is 0.0769. The van der Waals surface area contributed by atoms with Crippen LogP contribution in [-0.2, 0) is 10.0 Å². The molecular formula is C13H12BrClN2O2S. The Kier molecular flexibility index (Phi) is 4.27. The monoisotopic (exact) mass is 374 g/mol. The summed E-state index contributed by atoms with van der Waals surface area (Å²) in [5.41, 5.74) is 7.26. The van der Waals surface area contributed by atoms with Gasteiger partial charge in [0.2, 0.25) is 0 Å². The fourth-order valence-electron chi connectivity index (χ4n) is 1.64. The molecule has 2 rings (SSSR count). The number of benzene rings is 2. The van der Waals surface area contributed by atoms with Crippen molar-refractivity contribution in [3.05, 3.63) is 51.5 Å². The highest BCUT2D eigenvalue weighted by atomic mass is 79.9. The smallest absolute Gasteiger partial charge is 0.263 e. The van der Waals surface area contributed by atoms with Gasteiger partial charge in [-0.2, -0.15) is 0 Å². The Morgan fingerprint density at radius 3 is 2.55 bits per heavy atom. The lowest BCUT2D eigenvalue weighted by atomic mass is 10.2. The number of aryl methyl sites for hydroxylation is 1. The van der Waals surface area contributed by atoms with Crippen LogP contribution in [-0.4, -0.2) is 8.42 Å². The van der Waals surface area contributed by atoms with Gasteiger partial charge in [0.25, 0.3) is 10.0 Å². The van der Waals surface area contributed by atoms with Crippen LogP contribution in [0.5, 0.6) is 0 Å². The van der Waals surface area contributed by atoms with Gasteiger partial charge in [0.15, 0.2) is 0 Å². The number of hydrogen-bond donors (Lipinski definition) is 2. The molecule has 0 saturated carbocycles. The third-order valence-electron chi connectivity index (χ3n) is 2.61. The van der Waals surface area contributed by atoms with Gasteiger partial charge in [0.1, 0.15) is 4.90 Å². The molecule has 0 radical (unpaired) electrons. The van der Waals surface area contributed by atoms with E-state index in [0.29, 0.717) is 10.2 Å². The van der Waals surface area contributed by atoms with Gasteiger partial charge in [-0.3, -0.25) is 4.72 Å². The molecule has 0 aliphatic carbocycles. The third kappa shape index (κ3) is 3.26. The zero-order valence-electron chi connectivity index (χ0n) is 10.5. The number of nitrogens with two attached hydrogens (primary N) is 1. The molecule has 0 amide bonds. The molecule has 2 aromatic carbocycles. The first-order valence-electron chi connectivity index (χ1n) is 5.63. The lowest BCUT2D eigenvalue weighted by Crippen LogP contribution is -2.14. The van der Waals surface area contributed by atoms with Crippen LogP contribution < -0.4 is 10.5 Å². The molecule has 0 spiro atoms. The molecule has 0 bridgehead atoms. The molecule has 0 fully saturated rings. The Morgan fingerprint density at radius 1 is 1.20 bits per heavy atom. The highest BCUT2D eigenvalue weighted by Crippen LogP contribution is 2.29. The summed E-state index contributed by atoms with van der Waals surface area (Å²) < 4.78 is 27.6. The predicted octanol–water partition coefficient (Wildman–Crippen LogP) is 3.79. The minimum Gasteiger partial charge on any atom is -0.399 e. The molecule has 20 heavy (non-hydrogen) atoms. The Balaban J connectivity index is 2.43. The summed E-state index contributed by atoms with van der Waals surface area (Å²) in [4.78, 5) is 0.140. The average Bonchev–Trinajstić information content (AvgIpc) is 2.33. The number of nitrogen functional groups attached to an aromatic ring is 1. The van der Waals surface area contributed by atoms with Crippen molar-refractivity contribution in [2.24, 2.45) is 0 Å². The van der Waals surface area contributed by atoms with Gasteiger partial charge in [-0.25, -0.2) is 8.42 Å². The Bertz CT molecular complexity index is 763.